The second-order valence-corrected chi connectivity index (χ2v) is 7.49. The van der Waals surface area contributed by atoms with Gasteiger partial charge in [-0.1, -0.05) is 12.8 Å². The van der Waals surface area contributed by atoms with Gasteiger partial charge < -0.3 is 0 Å². The maximum atomic E-state index is 12.4. The van der Waals surface area contributed by atoms with Gasteiger partial charge in [-0.05, 0) is 75.2 Å². The van der Waals surface area contributed by atoms with Gasteiger partial charge in [0.25, 0.3) is 0 Å². The third-order valence-electron chi connectivity index (χ3n) is 6.01. The zero-order chi connectivity index (χ0) is 15.4. The minimum absolute atomic E-state index is 0.128. The third-order valence-corrected chi connectivity index (χ3v) is 6.01. The van der Waals surface area contributed by atoms with E-state index in [0.717, 1.165) is 29.6 Å². The first-order valence-corrected chi connectivity index (χ1v) is 9.10. The third kappa shape index (κ3) is 3.85. The molecule has 0 radical (unpaired) electrons. The van der Waals surface area contributed by atoms with E-state index in [1.165, 1.54) is 51.4 Å². The Balaban J connectivity index is 1.47. The molecule has 0 aliphatic heterocycles. The molecule has 0 atom stereocenters. The molecule has 2 aliphatic carbocycles. The highest BCUT2D eigenvalue weighted by atomic mass is 19.1. The summed E-state index contributed by atoms with van der Waals surface area (Å²) in [4.78, 5) is 9.05. The number of aryl methyl sites for hydroxylation is 1. The maximum Gasteiger partial charge on any atom is 0.131 e. The second-order valence-electron chi connectivity index (χ2n) is 7.49. The van der Waals surface area contributed by atoms with Crippen LogP contribution in [0.25, 0.3) is 0 Å². The Kier molecular flexibility index (Phi) is 5.43. The van der Waals surface area contributed by atoms with Gasteiger partial charge in [0.05, 0.1) is 6.67 Å². The van der Waals surface area contributed by atoms with E-state index in [9.17, 15) is 4.39 Å². The number of aromatic nitrogens is 2. The number of hydrogen-bond donors (Lipinski definition) is 0. The highest BCUT2D eigenvalue weighted by molar-refractivity contribution is 5.06. The highest BCUT2D eigenvalue weighted by Crippen LogP contribution is 2.43. The monoisotopic (exact) mass is 304 g/mol. The van der Waals surface area contributed by atoms with Crippen LogP contribution in [0, 0.1) is 24.7 Å². The molecule has 122 valence electrons. The first-order valence-electron chi connectivity index (χ1n) is 9.10. The van der Waals surface area contributed by atoms with Crippen molar-refractivity contribution in [2.24, 2.45) is 17.8 Å². The van der Waals surface area contributed by atoms with E-state index in [0.29, 0.717) is 11.8 Å². The molecule has 0 bridgehead atoms. The predicted molar refractivity (Wildman–Crippen MR) is 87.5 cm³/mol. The summed E-state index contributed by atoms with van der Waals surface area (Å²) in [6.45, 7) is 1.91. The number of alkyl halides is 1. The summed E-state index contributed by atoms with van der Waals surface area (Å²) in [5.41, 5.74) is 1.14. The van der Waals surface area contributed by atoms with E-state index in [-0.39, 0.29) is 6.67 Å². The molecular formula is C19H29FN2. The van der Waals surface area contributed by atoms with Gasteiger partial charge in [0, 0.05) is 18.3 Å². The number of rotatable bonds is 4. The van der Waals surface area contributed by atoms with E-state index in [4.69, 9.17) is 0 Å². The Labute approximate surface area is 133 Å². The fourth-order valence-electron chi connectivity index (χ4n) is 4.56. The lowest BCUT2D eigenvalue weighted by atomic mass is 9.69. The van der Waals surface area contributed by atoms with Gasteiger partial charge in [-0.15, -0.1) is 0 Å². The van der Waals surface area contributed by atoms with Crippen molar-refractivity contribution < 1.29 is 4.39 Å². The van der Waals surface area contributed by atoms with Crippen molar-refractivity contribution in [2.75, 3.05) is 6.67 Å². The molecule has 0 aromatic carbocycles. The Morgan fingerprint density at radius 1 is 0.909 bits per heavy atom. The summed E-state index contributed by atoms with van der Waals surface area (Å²) in [6, 6.07) is 0. The van der Waals surface area contributed by atoms with E-state index in [2.05, 4.69) is 9.97 Å². The smallest absolute Gasteiger partial charge is 0.131 e. The van der Waals surface area contributed by atoms with Crippen molar-refractivity contribution >= 4 is 0 Å². The average Bonchev–Trinajstić information content (AvgIpc) is 2.57. The fourth-order valence-corrected chi connectivity index (χ4v) is 4.56. The predicted octanol–water partition coefficient (Wildman–Crippen LogP) is 5.22. The van der Waals surface area contributed by atoms with E-state index < -0.39 is 0 Å². The number of halogens is 1. The van der Waals surface area contributed by atoms with Crippen molar-refractivity contribution in [2.45, 2.75) is 70.6 Å². The van der Waals surface area contributed by atoms with Crippen molar-refractivity contribution in [3.8, 4) is 0 Å². The quantitative estimate of drug-likeness (QED) is 0.761. The molecule has 1 heterocycles. The fraction of sp³-hybridized carbons (Fsp3) is 0.789. The van der Waals surface area contributed by atoms with E-state index in [1.54, 1.807) is 0 Å². The van der Waals surface area contributed by atoms with Crippen LogP contribution in [0.5, 0.6) is 0 Å². The van der Waals surface area contributed by atoms with Crippen LogP contribution in [-0.2, 0) is 0 Å². The molecule has 22 heavy (non-hydrogen) atoms. The van der Waals surface area contributed by atoms with Gasteiger partial charge >= 0.3 is 0 Å². The minimum Gasteiger partial charge on any atom is -0.251 e. The van der Waals surface area contributed by atoms with Crippen molar-refractivity contribution in [3.63, 3.8) is 0 Å². The van der Waals surface area contributed by atoms with Crippen LogP contribution in [0.15, 0.2) is 12.4 Å². The average molecular weight is 304 g/mol. The summed E-state index contributed by atoms with van der Waals surface area (Å²) in [5, 5.41) is 0. The SMILES string of the molecule is Cc1cnc(C2CCC(C3CCC(CCF)CC3)CC2)nc1. The van der Waals surface area contributed by atoms with E-state index in [1.807, 2.05) is 19.3 Å². The molecule has 2 nitrogen and oxygen atoms in total. The summed E-state index contributed by atoms with van der Waals surface area (Å²) in [6.07, 6.45) is 15.0. The molecular weight excluding hydrogens is 275 g/mol. The van der Waals surface area contributed by atoms with Gasteiger partial charge in [0.2, 0.25) is 0 Å². The van der Waals surface area contributed by atoms with Crippen LogP contribution in [-0.4, -0.2) is 16.6 Å². The van der Waals surface area contributed by atoms with Crippen molar-refractivity contribution in [3.05, 3.63) is 23.8 Å². The lowest BCUT2D eigenvalue weighted by molar-refractivity contribution is 0.152. The normalized spacial score (nSPS) is 32.8. The molecule has 3 heteroatoms. The molecule has 3 rings (SSSR count). The van der Waals surface area contributed by atoms with Crippen molar-refractivity contribution in [1.82, 2.24) is 9.97 Å². The molecule has 2 saturated carbocycles. The van der Waals surface area contributed by atoms with Gasteiger partial charge in [-0.25, -0.2) is 9.97 Å². The molecule has 0 unspecified atom stereocenters. The molecule has 1 aromatic rings. The lowest BCUT2D eigenvalue weighted by Crippen LogP contribution is -2.26. The summed E-state index contributed by atoms with van der Waals surface area (Å²) < 4.78 is 12.4. The van der Waals surface area contributed by atoms with Crippen LogP contribution < -0.4 is 0 Å². The van der Waals surface area contributed by atoms with Crippen LogP contribution in [0.2, 0.25) is 0 Å². The Hall–Kier alpha value is -0.990. The van der Waals surface area contributed by atoms with Gasteiger partial charge in [-0.2, -0.15) is 0 Å². The van der Waals surface area contributed by atoms with Gasteiger partial charge in [0.15, 0.2) is 0 Å². The van der Waals surface area contributed by atoms with Crippen LogP contribution in [0.4, 0.5) is 4.39 Å². The van der Waals surface area contributed by atoms with Crippen LogP contribution >= 0.6 is 0 Å². The lowest BCUT2D eigenvalue weighted by Gasteiger charge is -2.37. The molecule has 1 aromatic heterocycles. The van der Waals surface area contributed by atoms with E-state index >= 15 is 0 Å². The molecule has 0 amide bonds. The zero-order valence-corrected chi connectivity index (χ0v) is 13.8. The van der Waals surface area contributed by atoms with Crippen LogP contribution in [0.1, 0.15) is 75.1 Å². The molecule has 2 fully saturated rings. The Bertz CT molecular complexity index is 443. The summed E-state index contributed by atoms with van der Waals surface area (Å²) in [7, 11) is 0. The molecule has 2 aliphatic rings. The second kappa shape index (κ2) is 7.52. The maximum absolute atomic E-state index is 12.4. The summed E-state index contributed by atoms with van der Waals surface area (Å²) in [5.74, 6) is 4.08. The highest BCUT2D eigenvalue weighted by Gasteiger charge is 2.31. The zero-order valence-electron chi connectivity index (χ0n) is 13.8. The Morgan fingerprint density at radius 3 is 2.00 bits per heavy atom. The van der Waals surface area contributed by atoms with Gasteiger partial charge in [0.1, 0.15) is 5.82 Å². The van der Waals surface area contributed by atoms with Crippen LogP contribution in [0.3, 0.4) is 0 Å². The minimum atomic E-state index is -0.128. The Morgan fingerprint density at radius 2 is 1.45 bits per heavy atom. The largest absolute Gasteiger partial charge is 0.251 e. The standard InChI is InChI=1S/C19H29FN2/c1-14-12-21-19(22-13-14)18-8-6-17(7-9-18)16-4-2-15(3-5-16)10-11-20/h12-13,15-18H,2-11H2,1H3. The first kappa shape index (κ1) is 15.9. The topological polar surface area (TPSA) is 25.8 Å². The number of nitrogens with zero attached hydrogens (tertiary/aromatic N) is 2. The molecule has 0 N–H and O–H groups in total. The van der Waals surface area contributed by atoms with Crippen molar-refractivity contribution in [1.29, 1.82) is 0 Å². The first-order chi connectivity index (χ1) is 10.8. The molecule has 0 saturated heterocycles. The molecule has 0 spiro atoms. The summed E-state index contributed by atoms with van der Waals surface area (Å²) >= 11 is 0. The van der Waals surface area contributed by atoms with Gasteiger partial charge in [-0.3, -0.25) is 4.39 Å². The number of hydrogen-bond acceptors (Lipinski definition) is 2.